The van der Waals surface area contributed by atoms with Crippen LogP contribution < -0.4 is 5.73 Å². The van der Waals surface area contributed by atoms with Crippen molar-refractivity contribution in [2.45, 2.75) is 51.6 Å². The summed E-state index contributed by atoms with van der Waals surface area (Å²) >= 11 is 0. The summed E-state index contributed by atoms with van der Waals surface area (Å²) in [6.07, 6.45) is 5.07. The third-order valence-corrected chi connectivity index (χ3v) is 8.20. The standard InChI is InChI=1S/C35H40N4O3/c1-3-18-38(19-4-2)34(41)29-22-28-15-14-27(23-31(28)37-32(36)24-29)25-10-12-26(13-11-25)33(40)39-20-16-35(42,17-21-39)30-8-6-5-7-9-30/h5-15,22-23,42H,3-4,16-21,24H2,1-2H3,(H2,36,37). The van der Waals surface area contributed by atoms with Gasteiger partial charge in [-0.2, -0.15) is 0 Å². The fraction of sp³-hybridized carbons (Fsp3) is 0.343. The van der Waals surface area contributed by atoms with E-state index in [2.05, 4.69) is 18.8 Å². The molecule has 0 aromatic heterocycles. The second-order valence-corrected chi connectivity index (χ2v) is 11.3. The predicted molar refractivity (Wildman–Crippen MR) is 168 cm³/mol. The van der Waals surface area contributed by atoms with Crippen LogP contribution in [0.4, 0.5) is 5.69 Å². The van der Waals surface area contributed by atoms with Crippen LogP contribution in [-0.4, -0.2) is 58.7 Å². The van der Waals surface area contributed by atoms with Gasteiger partial charge >= 0.3 is 0 Å². The lowest BCUT2D eigenvalue weighted by Gasteiger charge is -2.38. The van der Waals surface area contributed by atoms with Gasteiger partial charge in [0.1, 0.15) is 5.84 Å². The van der Waals surface area contributed by atoms with Crippen LogP contribution in [0.2, 0.25) is 0 Å². The van der Waals surface area contributed by atoms with Crippen LogP contribution in [0, 0.1) is 0 Å². The molecule has 7 nitrogen and oxygen atoms in total. The minimum atomic E-state index is -0.896. The molecule has 0 atom stereocenters. The third kappa shape index (κ3) is 6.31. The molecule has 1 fully saturated rings. The zero-order chi connectivity index (χ0) is 29.7. The van der Waals surface area contributed by atoms with E-state index in [1.54, 1.807) is 0 Å². The zero-order valence-electron chi connectivity index (χ0n) is 24.6. The molecule has 42 heavy (non-hydrogen) atoms. The van der Waals surface area contributed by atoms with Crippen LogP contribution in [-0.2, 0) is 10.4 Å². The lowest BCUT2D eigenvalue weighted by molar-refractivity contribution is -0.127. The summed E-state index contributed by atoms with van der Waals surface area (Å²) in [5.74, 6) is 0.408. The van der Waals surface area contributed by atoms with Gasteiger partial charge in [0.25, 0.3) is 5.91 Å². The summed E-state index contributed by atoms with van der Waals surface area (Å²) < 4.78 is 0. The number of aliphatic imine (C=N–C) groups is 1. The van der Waals surface area contributed by atoms with Crippen molar-refractivity contribution in [3.63, 3.8) is 0 Å². The largest absolute Gasteiger partial charge is 0.387 e. The van der Waals surface area contributed by atoms with Gasteiger partial charge in [-0.1, -0.05) is 68.4 Å². The van der Waals surface area contributed by atoms with Gasteiger partial charge in [-0.25, -0.2) is 4.99 Å². The lowest BCUT2D eigenvalue weighted by atomic mass is 9.84. The number of rotatable bonds is 8. The van der Waals surface area contributed by atoms with E-state index in [0.29, 0.717) is 49.3 Å². The maximum Gasteiger partial charge on any atom is 0.253 e. The normalized spacial score (nSPS) is 16.1. The van der Waals surface area contributed by atoms with Crippen molar-refractivity contribution in [2.24, 2.45) is 10.7 Å². The third-order valence-electron chi connectivity index (χ3n) is 8.20. The van der Waals surface area contributed by atoms with E-state index in [0.717, 1.165) is 53.9 Å². The summed E-state index contributed by atoms with van der Waals surface area (Å²) in [6, 6.07) is 23.3. The summed E-state index contributed by atoms with van der Waals surface area (Å²) in [5.41, 5.74) is 11.1. The highest BCUT2D eigenvalue weighted by Gasteiger charge is 2.35. The Balaban J connectivity index is 1.30. The first-order valence-corrected chi connectivity index (χ1v) is 15.0. The smallest absolute Gasteiger partial charge is 0.253 e. The SMILES string of the molecule is CCCN(CCC)C(=O)C1=Cc2ccc(-c3ccc(C(=O)N4CCC(O)(c5ccccc5)CC4)cc3)cc2N=C(N)C1. The van der Waals surface area contributed by atoms with Gasteiger partial charge in [-0.05, 0) is 66.6 Å². The number of piperidine rings is 1. The monoisotopic (exact) mass is 564 g/mol. The molecule has 7 heteroatoms. The minimum absolute atomic E-state index is 0.0208. The number of carbonyl (C=O) groups is 2. The number of amides is 2. The number of nitrogens with two attached hydrogens (primary N) is 1. The van der Waals surface area contributed by atoms with E-state index in [9.17, 15) is 14.7 Å². The first-order chi connectivity index (χ1) is 20.3. The highest BCUT2D eigenvalue weighted by molar-refractivity contribution is 6.05. The summed E-state index contributed by atoms with van der Waals surface area (Å²) in [4.78, 5) is 34.9. The fourth-order valence-corrected chi connectivity index (χ4v) is 5.87. The molecule has 2 aliphatic heterocycles. The zero-order valence-corrected chi connectivity index (χ0v) is 24.6. The molecule has 2 aliphatic rings. The fourth-order valence-electron chi connectivity index (χ4n) is 5.87. The van der Waals surface area contributed by atoms with E-state index in [1.165, 1.54) is 0 Å². The van der Waals surface area contributed by atoms with Crippen molar-refractivity contribution in [3.8, 4) is 11.1 Å². The molecule has 3 aromatic rings. The molecule has 0 unspecified atom stereocenters. The van der Waals surface area contributed by atoms with Gasteiger partial charge in [0.15, 0.2) is 0 Å². The Morgan fingerprint density at radius 2 is 1.57 bits per heavy atom. The van der Waals surface area contributed by atoms with Crippen molar-refractivity contribution in [3.05, 3.63) is 95.1 Å². The van der Waals surface area contributed by atoms with Crippen LogP contribution in [0.25, 0.3) is 17.2 Å². The van der Waals surface area contributed by atoms with E-state index >= 15 is 0 Å². The number of aliphatic hydroxyl groups is 1. The first-order valence-electron chi connectivity index (χ1n) is 15.0. The van der Waals surface area contributed by atoms with Crippen LogP contribution in [0.15, 0.2) is 83.4 Å². The molecule has 218 valence electrons. The molecule has 0 saturated carbocycles. The highest BCUT2D eigenvalue weighted by Crippen LogP contribution is 2.34. The molecular formula is C35H40N4O3. The first kappa shape index (κ1) is 29.3. The molecule has 3 N–H and O–H groups in total. The quantitative estimate of drug-likeness (QED) is 0.356. The Morgan fingerprint density at radius 1 is 0.929 bits per heavy atom. The number of amidine groups is 1. The predicted octanol–water partition coefficient (Wildman–Crippen LogP) is 5.90. The average Bonchev–Trinajstić information content (AvgIpc) is 3.18. The molecule has 0 aliphatic carbocycles. The van der Waals surface area contributed by atoms with E-state index in [1.807, 2.05) is 88.7 Å². The molecule has 2 heterocycles. The molecule has 0 spiro atoms. The van der Waals surface area contributed by atoms with Crippen molar-refractivity contribution in [1.82, 2.24) is 9.80 Å². The minimum Gasteiger partial charge on any atom is -0.387 e. The van der Waals surface area contributed by atoms with Gasteiger partial charge in [-0.15, -0.1) is 0 Å². The lowest BCUT2D eigenvalue weighted by Crippen LogP contribution is -2.45. The van der Waals surface area contributed by atoms with Crippen LogP contribution in [0.3, 0.4) is 0 Å². The number of carbonyl (C=O) groups excluding carboxylic acids is 2. The summed E-state index contributed by atoms with van der Waals surface area (Å²) in [7, 11) is 0. The Bertz CT molecular complexity index is 1480. The van der Waals surface area contributed by atoms with Gasteiger partial charge in [0.2, 0.25) is 5.91 Å². The van der Waals surface area contributed by atoms with Crippen molar-refractivity contribution in [1.29, 1.82) is 0 Å². The Kier molecular flexibility index (Phi) is 8.88. The maximum atomic E-state index is 13.3. The number of benzene rings is 3. The highest BCUT2D eigenvalue weighted by atomic mass is 16.3. The van der Waals surface area contributed by atoms with Crippen LogP contribution >= 0.6 is 0 Å². The van der Waals surface area contributed by atoms with Crippen molar-refractivity contribution >= 4 is 29.4 Å². The molecule has 0 radical (unpaired) electrons. The number of likely N-dealkylation sites (tertiary alicyclic amines) is 1. The Labute approximate surface area is 248 Å². The Hall–Kier alpha value is -4.23. The van der Waals surface area contributed by atoms with E-state index in [-0.39, 0.29) is 11.8 Å². The molecular weight excluding hydrogens is 524 g/mol. The number of hydrogen-bond acceptors (Lipinski definition) is 5. The number of fused-ring (bicyclic) bond motifs is 1. The molecule has 5 rings (SSSR count). The maximum absolute atomic E-state index is 13.3. The molecule has 1 saturated heterocycles. The van der Waals surface area contributed by atoms with Gasteiger partial charge in [0, 0.05) is 49.3 Å². The van der Waals surface area contributed by atoms with E-state index in [4.69, 9.17) is 5.73 Å². The number of hydrogen-bond donors (Lipinski definition) is 2. The number of nitrogens with zero attached hydrogens (tertiary/aromatic N) is 3. The van der Waals surface area contributed by atoms with Gasteiger partial charge in [-0.3, -0.25) is 9.59 Å². The van der Waals surface area contributed by atoms with Gasteiger partial charge in [0.05, 0.1) is 11.3 Å². The Morgan fingerprint density at radius 3 is 2.21 bits per heavy atom. The van der Waals surface area contributed by atoms with Crippen LogP contribution in [0.5, 0.6) is 0 Å². The van der Waals surface area contributed by atoms with Gasteiger partial charge < -0.3 is 20.6 Å². The molecule has 2 amide bonds. The average molecular weight is 565 g/mol. The second kappa shape index (κ2) is 12.7. The van der Waals surface area contributed by atoms with Crippen molar-refractivity contribution < 1.29 is 14.7 Å². The topological polar surface area (TPSA) is 99.2 Å². The molecule has 0 bridgehead atoms. The van der Waals surface area contributed by atoms with Crippen molar-refractivity contribution in [2.75, 3.05) is 26.2 Å². The summed E-state index contributed by atoms with van der Waals surface area (Å²) in [5, 5.41) is 11.1. The van der Waals surface area contributed by atoms with Crippen LogP contribution in [0.1, 0.15) is 67.4 Å². The summed E-state index contributed by atoms with van der Waals surface area (Å²) in [6.45, 7) is 6.60. The van der Waals surface area contributed by atoms with E-state index < -0.39 is 5.60 Å². The second-order valence-electron chi connectivity index (χ2n) is 11.3. The molecule has 3 aromatic carbocycles.